The molecule has 0 spiro atoms. The van der Waals surface area contributed by atoms with Gasteiger partial charge in [-0.3, -0.25) is 4.79 Å². The van der Waals surface area contributed by atoms with Crippen molar-refractivity contribution in [3.63, 3.8) is 0 Å². The highest BCUT2D eigenvalue weighted by Gasteiger charge is 2.33. The van der Waals surface area contributed by atoms with E-state index in [1.54, 1.807) is 6.20 Å². The molecule has 4 aliphatic heterocycles. The zero-order valence-electron chi connectivity index (χ0n) is 17.5. The second kappa shape index (κ2) is 7.71. The first kappa shape index (κ1) is 18.9. The van der Waals surface area contributed by atoms with Crippen molar-refractivity contribution in [2.24, 2.45) is 0 Å². The third kappa shape index (κ3) is 3.71. The molecule has 7 heteroatoms. The summed E-state index contributed by atoms with van der Waals surface area (Å²) in [6.45, 7) is 2.61. The summed E-state index contributed by atoms with van der Waals surface area (Å²) >= 11 is 0. The van der Waals surface area contributed by atoms with Crippen LogP contribution in [0, 0.1) is 0 Å². The van der Waals surface area contributed by atoms with E-state index in [2.05, 4.69) is 38.7 Å². The van der Waals surface area contributed by atoms with Crippen LogP contribution in [0.2, 0.25) is 0 Å². The van der Waals surface area contributed by atoms with E-state index in [0.29, 0.717) is 31.0 Å². The minimum Gasteiger partial charge on any atom is -0.491 e. The number of fused-ring (bicyclic) bond motifs is 4. The Morgan fingerprint density at radius 3 is 2.87 bits per heavy atom. The lowest BCUT2D eigenvalue weighted by Gasteiger charge is -2.35. The van der Waals surface area contributed by atoms with Crippen LogP contribution >= 0.6 is 0 Å². The van der Waals surface area contributed by atoms with Crippen LogP contribution in [-0.4, -0.2) is 54.8 Å². The second-order valence-corrected chi connectivity index (χ2v) is 9.17. The Bertz CT molecular complexity index is 985. The molecule has 2 N–H and O–H groups in total. The van der Waals surface area contributed by atoms with Gasteiger partial charge in [-0.15, -0.1) is 0 Å². The molecule has 2 saturated heterocycles. The van der Waals surface area contributed by atoms with Gasteiger partial charge in [0.25, 0.3) is 5.91 Å². The van der Waals surface area contributed by atoms with Crippen molar-refractivity contribution in [3.05, 3.63) is 47.7 Å². The number of pyridine rings is 1. The Morgan fingerprint density at radius 1 is 1.13 bits per heavy atom. The molecule has 0 aliphatic carbocycles. The Hall–Kier alpha value is -2.80. The zero-order chi connectivity index (χ0) is 20.8. The van der Waals surface area contributed by atoms with Crippen LogP contribution in [0.4, 0.5) is 5.69 Å². The van der Waals surface area contributed by atoms with Crippen LogP contribution in [0.3, 0.4) is 0 Å². The van der Waals surface area contributed by atoms with Gasteiger partial charge in [0.1, 0.15) is 12.4 Å². The molecule has 31 heavy (non-hydrogen) atoms. The molecule has 2 bridgehead atoms. The van der Waals surface area contributed by atoms with Crippen molar-refractivity contribution < 1.29 is 14.3 Å². The fraction of sp³-hybridized carbons (Fsp3) is 0.500. The van der Waals surface area contributed by atoms with Gasteiger partial charge in [0, 0.05) is 48.7 Å². The van der Waals surface area contributed by atoms with Gasteiger partial charge in [0.2, 0.25) is 5.88 Å². The first-order valence-corrected chi connectivity index (χ1v) is 11.4. The first-order chi connectivity index (χ1) is 15.2. The summed E-state index contributed by atoms with van der Waals surface area (Å²) in [5.74, 6) is 1.44. The van der Waals surface area contributed by atoms with E-state index < -0.39 is 6.10 Å². The molecule has 1 amide bonds. The summed E-state index contributed by atoms with van der Waals surface area (Å²) in [5.41, 5.74) is 3.45. The molecule has 0 saturated carbocycles. The van der Waals surface area contributed by atoms with Crippen molar-refractivity contribution in [2.75, 3.05) is 24.6 Å². The summed E-state index contributed by atoms with van der Waals surface area (Å²) in [7, 11) is 0. The number of amides is 1. The average Bonchev–Trinajstić information content (AvgIpc) is 3.15. The van der Waals surface area contributed by atoms with Crippen LogP contribution < -0.4 is 25.0 Å². The van der Waals surface area contributed by atoms with Crippen molar-refractivity contribution in [1.29, 1.82) is 0 Å². The number of benzene rings is 1. The minimum atomic E-state index is -0.491. The molecule has 0 radical (unpaired) electrons. The number of aromatic nitrogens is 1. The topological polar surface area (TPSA) is 75.7 Å². The van der Waals surface area contributed by atoms with Gasteiger partial charge in [-0.25, -0.2) is 4.98 Å². The van der Waals surface area contributed by atoms with Gasteiger partial charge < -0.3 is 25.0 Å². The standard InChI is InChI=1S/C24H28N4O3/c29-23(21-8-4-15-2-1-9-25-24(15)31-21)27-19-10-16-3-7-20(11-22(16)30-14-19)28-12-17-5-6-18(13-28)26-17/h1-3,7,9,11,17-19,21,26H,4-6,8,10,12-14H2,(H,27,29)/t17?,18?,19-,21?/m1/s1. The van der Waals surface area contributed by atoms with E-state index in [4.69, 9.17) is 9.47 Å². The maximum Gasteiger partial charge on any atom is 0.261 e. The highest BCUT2D eigenvalue weighted by atomic mass is 16.5. The number of nitrogens with zero attached hydrogens (tertiary/aromatic N) is 2. The molecule has 5 heterocycles. The number of hydrogen-bond acceptors (Lipinski definition) is 6. The van der Waals surface area contributed by atoms with Crippen LogP contribution in [0.1, 0.15) is 30.4 Å². The van der Waals surface area contributed by atoms with E-state index in [1.165, 1.54) is 18.5 Å². The van der Waals surface area contributed by atoms with Crippen LogP contribution in [0.25, 0.3) is 0 Å². The maximum atomic E-state index is 12.8. The van der Waals surface area contributed by atoms with Crippen molar-refractivity contribution in [1.82, 2.24) is 15.6 Å². The predicted octanol–water partition coefficient (Wildman–Crippen LogP) is 1.84. The zero-order valence-corrected chi connectivity index (χ0v) is 17.5. The third-order valence-corrected chi connectivity index (χ3v) is 6.96. The number of anilines is 1. The summed E-state index contributed by atoms with van der Waals surface area (Å²) in [6.07, 6.45) is 6.01. The van der Waals surface area contributed by atoms with E-state index in [1.807, 2.05) is 12.1 Å². The lowest BCUT2D eigenvalue weighted by molar-refractivity contribution is -0.129. The fourth-order valence-corrected chi connectivity index (χ4v) is 5.34. The van der Waals surface area contributed by atoms with Crippen LogP contribution in [0.5, 0.6) is 11.6 Å². The van der Waals surface area contributed by atoms with E-state index in [-0.39, 0.29) is 11.9 Å². The monoisotopic (exact) mass is 420 g/mol. The number of ether oxygens (including phenoxy) is 2. The van der Waals surface area contributed by atoms with E-state index in [0.717, 1.165) is 42.8 Å². The van der Waals surface area contributed by atoms with Crippen LogP contribution in [0.15, 0.2) is 36.5 Å². The highest BCUT2D eigenvalue weighted by molar-refractivity contribution is 5.81. The van der Waals surface area contributed by atoms with E-state index in [9.17, 15) is 4.79 Å². The van der Waals surface area contributed by atoms with Crippen molar-refractivity contribution in [3.8, 4) is 11.6 Å². The third-order valence-electron chi connectivity index (χ3n) is 6.96. The number of nitrogens with one attached hydrogen (secondary N) is 2. The number of rotatable bonds is 3. The maximum absolute atomic E-state index is 12.8. The molecule has 6 rings (SSSR count). The second-order valence-electron chi connectivity index (χ2n) is 9.17. The molecule has 7 nitrogen and oxygen atoms in total. The molecule has 2 fully saturated rings. The first-order valence-electron chi connectivity index (χ1n) is 11.4. The largest absolute Gasteiger partial charge is 0.491 e. The summed E-state index contributed by atoms with van der Waals surface area (Å²) in [6, 6.07) is 11.6. The fourth-order valence-electron chi connectivity index (χ4n) is 5.34. The molecule has 1 aromatic heterocycles. The SMILES string of the molecule is O=C(N[C@H]1COc2cc(N3CC4CCC(C3)N4)ccc2C1)C1CCc2cccnc2O1. The van der Waals surface area contributed by atoms with Gasteiger partial charge in [-0.2, -0.15) is 0 Å². The van der Waals surface area contributed by atoms with Gasteiger partial charge in [-0.05, 0) is 49.8 Å². The van der Waals surface area contributed by atoms with Gasteiger partial charge >= 0.3 is 0 Å². The quantitative estimate of drug-likeness (QED) is 0.789. The molecular weight excluding hydrogens is 392 g/mol. The molecule has 3 unspecified atom stereocenters. The molecule has 4 aliphatic rings. The number of hydrogen-bond donors (Lipinski definition) is 2. The lowest BCUT2D eigenvalue weighted by atomic mass is 10.0. The number of carbonyl (C=O) groups excluding carboxylic acids is 1. The molecule has 4 atom stereocenters. The predicted molar refractivity (Wildman–Crippen MR) is 117 cm³/mol. The van der Waals surface area contributed by atoms with E-state index >= 15 is 0 Å². The summed E-state index contributed by atoms with van der Waals surface area (Å²) < 4.78 is 11.9. The Morgan fingerprint density at radius 2 is 2.00 bits per heavy atom. The minimum absolute atomic E-state index is 0.0467. The van der Waals surface area contributed by atoms with Crippen molar-refractivity contribution >= 4 is 11.6 Å². The van der Waals surface area contributed by atoms with Gasteiger partial charge in [-0.1, -0.05) is 12.1 Å². The lowest BCUT2D eigenvalue weighted by Crippen LogP contribution is -2.51. The number of aryl methyl sites for hydroxylation is 1. The molecular formula is C24H28N4O3. The molecule has 2 aromatic rings. The van der Waals surface area contributed by atoms with Crippen LogP contribution in [-0.2, 0) is 17.6 Å². The summed E-state index contributed by atoms with van der Waals surface area (Å²) in [4.78, 5) is 19.5. The number of piperazine rings is 1. The van der Waals surface area contributed by atoms with Crippen molar-refractivity contribution in [2.45, 2.75) is 56.3 Å². The Kier molecular flexibility index (Phi) is 4.71. The number of carbonyl (C=O) groups is 1. The Labute approximate surface area is 182 Å². The molecule has 162 valence electrons. The van der Waals surface area contributed by atoms with Gasteiger partial charge in [0.15, 0.2) is 6.10 Å². The molecule has 1 aromatic carbocycles. The highest BCUT2D eigenvalue weighted by Crippen LogP contribution is 2.32. The van der Waals surface area contributed by atoms with Gasteiger partial charge in [0.05, 0.1) is 6.04 Å². The smallest absolute Gasteiger partial charge is 0.261 e. The Balaban J connectivity index is 1.09. The average molecular weight is 421 g/mol. The summed E-state index contributed by atoms with van der Waals surface area (Å²) in [5, 5.41) is 6.80. The normalized spacial score (nSPS) is 28.7.